The van der Waals surface area contributed by atoms with Gasteiger partial charge in [-0.1, -0.05) is 0 Å². The Kier molecular flexibility index (Phi) is 7.54. The fourth-order valence-electron chi connectivity index (χ4n) is 3.23. The van der Waals surface area contributed by atoms with Gasteiger partial charge in [-0.25, -0.2) is 5.43 Å². The van der Waals surface area contributed by atoms with Crippen LogP contribution in [0.2, 0.25) is 10.4 Å². The molecule has 10 heteroatoms. The summed E-state index contributed by atoms with van der Waals surface area (Å²) in [6, 6.07) is 15.3. The van der Waals surface area contributed by atoms with E-state index < -0.39 is 0 Å². The molecule has 4 aromatic heterocycles. The molecule has 1 aliphatic heterocycles. The molecule has 6 nitrogen and oxygen atoms in total. The summed E-state index contributed by atoms with van der Waals surface area (Å²) in [6.45, 7) is 1.67. The van der Waals surface area contributed by atoms with Crippen LogP contribution in [0.1, 0.15) is 16.2 Å². The first-order chi connectivity index (χ1) is 17.1. The molecule has 0 unspecified atom stereocenters. The number of aliphatic imine (C=N–C) groups is 1. The van der Waals surface area contributed by atoms with E-state index in [9.17, 15) is 0 Å². The highest BCUT2D eigenvalue weighted by Crippen LogP contribution is 2.32. The summed E-state index contributed by atoms with van der Waals surface area (Å²) in [6.07, 6.45) is 8.97. The van der Waals surface area contributed by atoms with Gasteiger partial charge in [0.15, 0.2) is 10.4 Å². The molecule has 0 amide bonds. The van der Waals surface area contributed by atoms with Crippen LogP contribution in [0.25, 0.3) is 33.4 Å². The Bertz CT molecular complexity index is 1330. The highest BCUT2D eigenvalue weighted by molar-refractivity contribution is 7.16. The third-order valence-electron chi connectivity index (χ3n) is 4.91. The van der Waals surface area contributed by atoms with E-state index in [2.05, 4.69) is 20.8 Å². The summed E-state index contributed by atoms with van der Waals surface area (Å²) in [5, 5.41) is 8.52. The first kappa shape index (κ1) is 23.7. The fourth-order valence-corrected chi connectivity index (χ4v) is 5.27. The summed E-state index contributed by atoms with van der Waals surface area (Å²) >= 11 is 15.0. The van der Waals surface area contributed by atoms with E-state index in [1.54, 1.807) is 34.8 Å². The third-order valence-corrected chi connectivity index (χ3v) is 7.45. The first-order valence-corrected chi connectivity index (χ1v) is 13.2. The number of furan rings is 2. The number of hydrogen-bond donors (Lipinski definition) is 2. The standard InChI is InChI=1S/C25H20Cl2N4O2S2/c26-23-12-8-19(32-23)21-10-6-17(34-21)4-2-16(30-31-25-28-14-1-15-29-25)3-5-18-7-11-22(35-18)20-9-13-24(27)33-20/h2-13H,1,14-15H2,(H2,28,29,31)/b4-2+,5-3+. The van der Waals surface area contributed by atoms with Crippen molar-refractivity contribution in [2.24, 2.45) is 10.1 Å². The molecular formula is C25H20Cl2N4O2S2. The van der Waals surface area contributed by atoms with Crippen molar-refractivity contribution in [3.8, 4) is 21.3 Å². The van der Waals surface area contributed by atoms with Crippen LogP contribution in [0, 0.1) is 0 Å². The molecule has 2 N–H and O–H groups in total. The Morgan fingerprint density at radius 1 is 0.886 bits per heavy atom. The van der Waals surface area contributed by atoms with Crippen LogP contribution in [0.15, 0.2) is 79.6 Å². The molecule has 0 saturated heterocycles. The lowest BCUT2D eigenvalue weighted by Crippen LogP contribution is -2.38. The molecule has 0 aromatic carbocycles. The van der Waals surface area contributed by atoms with Crippen molar-refractivity contribution in [2.45, 2.75) is 6.42 Å². The van der Waals surface area contributed by atoms with Gasteiger partial charge in [0.25, 0.3) is 0 Å². The fraction of sp³-hybridized carbons (Fsp3) is 0.120. The Balaban J connectivity index is 1.34. The Morgan fingerprint density at radius 2 is 1.49 bits per heavy atom. The van der Waals surface area contributed by atoms with Crippen LogP contribution in [0.3, 0.4) is 0 Å². The molecule has 178 valence electrons. The first-order valence-electron chi connectivity index (χ1n) is 10.8. The average Bonchev–Trinajstić information content (AvgIpc) is 3.67. The van der Waals surface area contributed by atoms with Crippen LogP contribution in [0.4, 0.5) is 0 Å². The SMILES string of the molecule is Clc1ccc(-c2ccc(/C=C/C(/C=C/c3ccc(-c4ccc(Cl)o4)s3)=NNC3=NCCCN3)s2)o1. The van der Waals surface area contributed by atoms with Crippen LogP contribution < -0.4 is 10.7 Å². The number of nitrogens with zero attached hydrogens (tertiary/aromatic N) is 2. The molecule has 0 radical (unpaired) electrons. The van der Waals surface area contributed by atoms with Crippen molar-refractivity contribution < 1.29 is 8.83 Å². The van der Waals surface area contributed by atoms with Gasteiger partial charge in [0.05, 0.1) is 15.5 Å². The number of thiophene rings is 2. The van der Waals surface area contributed by atoms with Crippen molar-refractivity contribution in [1.82, 2.24) is 10.7 Å². The highest BCUT2D eigenvalue weighted by atomic mass is 35.5. The Hall–Kier alpha value is -3.04. The van der Waals surface area contributed by atoms with E-state index in [-0.39, 0.29) is 0 Å². The van der Waals surface area contributed by atoms with Gasteiger partial charge >= 0.3 is 0 Å². The molecule has 4 aromatic rings. The Morgan fingerprint density at radius 3 is 1.97 bits per heavy atom. The molecule has 0 fully saturated rings. The molecule has 0 atom stereocenters. The number of rotatable bonds is 7. The Labute approximate surface area is 220 Å². The monoisotopic (exact) mass is 542 g/mol. The van der Waals surface area contributed by atoms with Gasteiger partial charge in [-0.15, -0.1) is 22.7 Å². The summed E-state index contributed by atoms with van der Waals surface area (Å²) in [5.74, 6) is 2.18. The van der Waals surface area contributed by atoms with E-state index in [1.807, 2.05) is 60.7 Å². The minimum absolute atomic E-state index is 0.377. The van der Waals surface area contributed by atoms with Crippen molar-refractivity contribution >= 4 is 69.7 Å². The van der Waals surface area contributed by atoms with Gasteiger partial charge in [-0.2, -0.15) is 5.10 Å². The van der Waals surface area contributed by atoms with Gasteiger partial charge < -0.3 is 14.2 Å². The van der Waals surface area contributed by atoms with Crippen molar-refractivity contribution in [3.63, 3.8) is 0 Å². The number of hydrazone groups is 1. The topological polar surface area (TPSA) is 75.1 Å². The summed E-state index contributed by atoms with van der Waals surface area (Å²) in [7, 11) is 0. The second kappa shape index (κ2) is 11.1. The normalized spacial score (nSPS) is 13.8. The number of allylic oxidation sites excluding steroid dienone is 2. The maximum atomic E-state index is 5.91. The van der Waals surface area contributed by atoms with E-state index in [4.69, 9.17) is 32.0 Å². The van der Waals surface area contributed by atoms with Gasteiger partial charge in [0.2, 0.25) is 5.96 Å². The van der Waals surface area contributed by atoms with Gasteiger partial charge in [0, 0.05) is 22.8 Å². The number of hydrogen-bond acceptors (Lipinski definition) is 8. The van der Waals surface area contributed by atoms with Crippen molar-refractivity contribution in [1.29, 1.82) is 0 Å². The van der Waals surface area contributed by atoms with Crippen molar-refractivity contribution in [3.05, 3.63) is 80.9 Å². The van der Waals surface area contributed by atoms with Gasteiger partial charge in [0.1, 0.15) is 11.5 Å². The molecule has 1 aliphatic rings. The quantitative estimate of drug-likeness (QED) is 0.185. The zero-order valence-corrected chi connectivity index (χ0v) is 21.5. The van der Waals surface area contributed by atoms with Gasteiger partial charge in [-0.3, -0.25) is 4.99 Å². The molecule has 5 heterocycles. The summed E-state index contributed by atoms with van der Waals surface area (Å²) < 4.78 is 11.0. The van der Waals surface area contributed by atoms with E-state index in [0.29, 0.717) is 16.4 Å². The zero-order chi connectivity index (χ0) is 24.0. The third kappa shape index (κ3) is 6.35. The molecule has 35 heavy (non-hydrogen) atoms. The maximum absolute atomic E-state index is 5.91. The smallest absolute Gasteiger partial charge is 0.212 e. The lowest BCUT2D eigenvalue weighted by Gasteiger charge is -2.13. The molecule has 5 rings (SSSR count). The lowest BCUT2D eigenvalue weighted by molar-refractivity contribution is 0.585. The molecule has 0 saturated carbocycles. The minimum Gasteiger partial charge on any atom is -0.444 e. The van der Waals surface area contributed by atoms with Crippen LogP contribution in [-0.4, -0.2) is 24.8 Å². The number of nitrogens with one attached hydrogen (secondary N) is 2. The van der Waals surface area contributed by atoms with E-state index in [0.717, 1.165) is 56.3 Å². The van der Waals surface area contributed by atoms with Crippen LogP contribution >= 0.6 is 45.9 Å². The molecule has 0 aliphatic carbocycles. The molecule has 0 bridgehead atoms. The van der Waals surface area contributed by atoms with Crippen molar-refractivity contribution in [2.75, 3.05) is 13.1 Å². The number of guanidine groups is 1. The lowest BCUT2D eigenvalue weighted by atomic mass is 10.2. The van der Waals surface area contributed by atoms with Crippen LogP contribution in [-0.2, 0) is 0 Å². The second-order valence-corrected chi connectivity index (χ2v) is 10.4. The highest BCUT2D eigenvalue weighted by Gasteiger charge is 2.08. The predicted octanol–water partition coefficient (Wildman–Crippen LogP) is 7.66. The molecular weight excluding hydrogens is 523 g/mol. The zero-order valence-electron chi connectivity index (χ0n) is 18.3. The second-order valence-electron chi connectivity index (χ2n) is 7.44. The largest absolute Gasteiger partial charge is 0.444 e. The van der Waals surface area contributed by atoms with Gasteiger partial charge in [-0.05, 0) is 102 Å². The number of halogens is 2. The maximum Gasteiger partial charge on any atom is 0.212 e. The summed E-state index contributed by atoms with van der Waals surface area (Å²) in [4.78, 5) is 8.56. The molecule has 0 spiro atoms. The predicted molar refractivity (Wildman–Crippen MR) is 148 cm³/mol. The minimum atomic E-state index is 0.377. The summed E-state index contributed by atoms with van der Waals surface area (Å²) in [5.41, 5.74) is 3.78. The van der Waals surface area contributed by atoms with E-state index in [1.165, 1.54) is 0 Å². The average molecular weight is 544 g/mol. The van der Waals surface area contributed by atoms with E-state index >= 15 is 0 Å². The van der Waals surface area contributed by atoms with Crippen LogP contribution in [0.5, 0.6) is 0 Å².